The van der Waals surface area contributed by atoms with Gasteiger partial charge in [-0.15, -0.1) is 0 Å². The normalized spacial score (nSPS) is 11.0. The Morgan fingerprint density at radius 3 is 2.79 bits per heavy atom. The van der Waals surface area contributed by atoms with E-state index < -0.39 is 0 Å². The van der Waals surface area contributed by atoms with E-state index in [1.807, 2.05) is 24.3 Å². The Morgan fingerprint density at radius 2 is 1.97 bits per heavy atom. The van der Waals surface area contributed by atoms with Crippen LogP contribution in [0.4, 0.5) is 0 Å². The van der Waals surface area contributed by atoms with Crippen LogP contribution in [-0.2, 0) is 16.1 Å². The van der Waals surface area contributed by atoms with Crippen molar-refractivity contribution in [1.82, 2.24) is 9.97 Å². The molecule has 0 aliphatic heterocycles. The van der Waals surface area contributed by atoms with Gasteiger partial charge in [0.05, 0.1) is 20.0 Å². The predicted octanol–water partition coefficient (Wildman–Crippen LogP) is 4.23. The van der Waals surface area contributed by atoms with E-state index in [1.165, 1.54) is 18.1 Å². The molecule has 0 unspecified atom stereocenters. The van der Waals surface area contributed by atoms with E-state index in [-0.39, 0.29) is 18.3 Å². The maximum absolute atomic E-state index is 12.3. The van der Waals surface area contributed by atoms with Crippen LogP contribution in [0.1, 0.15) is 5.56 Å². The van der Waals surface area contributed by atoms with Crippen LogP contribution in [0.25, 0.3) is 22.1 Å². The molecule has 2 aromatic heterocycles. The van der Waals surface area contributed by atoms with Crippen LogP contribution in [0.3, 0.4) is 0 Å². The van der Waals surface area contributed by atoms with Gasteiger partial charge in [0, 0.05) is 10.9 Å². The molecule has 8 heteroatoms. The van der Waals surface area contributed by atoms with Crippen LogP contribution >= 0.6 is 11.8 Å². The quantitative estimate of drug-likeness (QED) is 0.254. The van der Waals surface area contributed by atoms with E-state index in [0.717, 1.165) is 22.0 Å². The largest absolute Gasteiger partial charge is 0.497 e. The van der Waals surface area contributed by atoms with E-state index >= 15 is 0 Å². The molecule has 2 aromatic carbocycles. The van der Waals surface area contributed by atoms with Gasteiger partial charge in [-0.25, -0.2) is 9.97 Å². The van der Waals surface area contributed by atoms with E-state index in [0.29, 0.717) is 22.1 Å². The lowest BCUT2D eigenvalue weighted by atomic mass is 10.2. The fourth-order valence-corrected chi connectivity index (χ4v) is 3.66. The third-order valence-corrected chi connectivity index (χ3v) is 5.27. The monoisotopic (exact) mass is 410 g/mol. The van der Waals surface area contributed by atoms with Crippen molar-refractivity contribution in [1.29, 1.82) is 0 Å². The van der Waals surface area contributed by atoms with Crippen molar-refractivity contribution in [3.05, 3.63) is 54.4 Å². The highest BCUT2D eigenvalue weighted by atomic mass is 32.2. The van der Waals surface area contributed by atoms with Gasteiger partial charge >= 0.3 is 5.97 Å². The average Bonchev–Trinajstić information content (AvgIpc) is 3.15. The number of para-hydroxylation sites is 1. The molecule has 0 aliphatic rings. The number of thioether (sulfide) groups is 1. The second kappa shape index (κ2) is 8.40. The van der Waals surface area contributed by atoms with Gasteiger partial charge in [-0.2, -0.15) is 0 Å². The lowest BCUT2D eigenvalue weighted by Gasteiger charge is -2.11. The molecular formula is C21H18N2O5S. The minimum absolute atomic E-state index is 0.0869. The molecule has 0 fully saturated rings. The summed E-state index contributed by atoms with van der Waals surface area (Å²) in [5.41, 5.74) is 2.76. The SMILES string of the molecule is COc1ccc(OC)c(COC(=O)CSc2ncnc3c2oc2ccccc23)c1. The summed E-state index contributed by atoms with van der Waals surface area (Å²) in [6.45, 7) is 0.0869. The zero-order chi connectivity index (χ0) is 20.2. The first-order valence-corrected chi connectivity index (χ1v) is 9.79. The number of rotatable bonds is 7. The van der Waals surface area contributed by atoms with Gasteiger partial charge in [0.1, 0.15) is 40.6 Å². The Balaban J connectivity index is 1.44. The lowest BCUT2D eigenvalue weighted by Crippen LogP contribution is -2.08. The van der Waals surface area contributed by atoms with Gasteiger partial charge in [-0.1, -0.05) is 23.9 Å². The molecule has 0 spiro atoms. The fraction of sp³-hybridized carbons (Fsp3) is 0.190. The third-order valence-electron chi connectivity index (χ3n) is 4.33. The molecule has 29 heavy (non-hydrogen) atoms. The Bertz CT molecular complexity index is 1170. The molecule has 0 atom stereocenters. The summed E-state index contributed by atoms with van der Waals surface area (Å²) in [4.78, 5) is 20.8. The minimum atomic E-state index is -0.372. The summed E-state index contributed by atoms with van der Waals surface area (Å²) in [5.74, 6) is 1.02. The number of fused-ring (bicyclic) bond motifs is 3. The number of ether oxygens (including phenoxy) is 3. The minimum Gasteiger partial charge on any atom is -0.497 e. The van der Waals surface area contributed by atoms with Gasteiger partial charge in [-0.05, 0) is 30.3 Å². The summed E-state index contributed by atoms with van der Waals surface area (Å²) < 4.78 is 21.8. The molecule has 4 aromatic rings. The van der Waals surface area contributed by atoms with Crippen molar-refractivity contribution in [2.75, 3.05) is 20.0 Å². The molecule has 2 heterocycles. The Morgan fingerprint density at radius 1 is 1.10 bits per heavy atom. The number of aromatic nitrogens is 2. The molecule has 148 valence electrons. The molecular weight excluding hydrogens is 392 g/mol. The van der Waals surface area contributed by atoms with Crippen LogP contribution < -0.4 is 9.47 Å². The second-order valence-corrected chi connectivity index (χ2v) is 7.05. The van der Waals surface area contributed by atoms with Crippen molar-refractivity contribution in [3.63, 3.8) is 0 Å². The highest BCUT2D eigenvalue weighted by Crippen LogP contribution is 2.32. The highest BCUT2D eigenvalue weighted by Gasteiger charge is 2.15. The molecule has 0 saturated heterocycles. The van der Waals surface area contributed by atoms with Crippen LogP contribution in [0.15, 0.2) is 58.2 Å². The molecule has 0 amide bonds. The number of hydrogen-bond donors (Lipinski definition) is 0. The zero-order valence-corrected chi connectivity index (χ0v) is 16.7. The fourth-order valence-electron chi connectivity index (χ4n) is 2.93. The number of nitrogens with zero attached hydrogens (tertiary/aromatic N) is 2. The number of carbonyl (C=O) groups is 1. The van der Waals surface area contributed by atoms with Crippen LogP contribution in [-0.4, -0.2) is 35.9 Å². The second-order valence-electron chi connectivity index (χ2n) is 6.08. The number of benzene rings is 2. The Hall–Kier alpha value is -3.26. The average molecular weight is 410 g/mol. The van der Waals surface area contributed by atoms with Crippen molar-refractivity contribution < 1.29 is 23.4 Å². The van der Waals surface area contributed by atoms with E-state index in [4.69, 9.17) is 18.6 Å². The third kappa shape index (κ3) is 3.97. The maximum atomic E-state index is 12.3. The maximum Gasteiger partial charge on any atom is 0.316 e. The van der Waals surface area contributed by atoms with Crippen molar-refractivity contribution in [2.24, 2.45) is 0 Å². The van der Waals surface area contributed by atoms with Gasteiger partial charge in [0.15, 0.2) is 5.58 Å². The first-order chi connectivity index (χ1) is 14.2. The van der Waals surface area contributed by atoms with Crippen molar-refractivity contribution in [2.45, 2.75) is 11.6 Å². The standard InChI is InChI=1S/C21H18N2O5S/c1-25-14-7-8-16(26-2)13(9-14)10-27-18(24)11-29-21-20-19(22-12-23-21)15-5-3-4-6-17(15)28-20/h3-9,12H,10-11H2,1-2H3. The van der Waals surface area contributed by atoms with Crippen molar-refractivity contribution >= 4 is 39.8 Å². The van der Waals surface area contributed by atoms with Gasteiger partial charge in [-0.3, -0.25) is 4.79 Å². The van der Waals surface area contributed by atoms with Gasteiger partial charge in [0.2, 0.25) is 0 Å². The lowest BCUT2D eigenvalue weighted by molar-refractivity contribution is -0.141. The summed E-state index contributed by atoms with van der Waals surface area (Å²) in [6.07, 6.45) is 1.47. The molecule has 4 rings (SSSR count). The highest BCUT2D eigenvalue weighted by molar-refractivity contribution is 8.00. The van der Waals surface area contributed by atoms with Gasteiger partial charge < -0.3 is 18.6 Å². The molecule has 0 radical (unpaired) electrons. The summed E-state index contributed by atoms with van der Waals surface area (Å²) in [6, 6.07) is 13.0. The predicted molar refractivity (Wildman–Crippen MR) is 109 cm³/mol. The van der Waals surface area contributed by atoms with E-state index in [1.54, 1.807) is 32.4 Å². The summed E-state index contributed by atoms with van der Waals surface area (Å²) >= 11 is 1.25. The molecule has 0 aliphatic carbocycles. The smallest absolute Gasteiger partial charge is 0.316 e. The van der Waals surface area contributed by atoms with E-state index in [2.05, 4.69) is 9.97 Å². The van der Waals surface area contributed by atoms with Gasteiger partial charge in [0.25, 0.3) is 0 Å². The zero-order valence-electron chi connectivity index (χ0n) is 15.9. The number of carbonyl (C=O) groups excluding carboxylic acids is 1. The molecule has 0 saturated carbocycles. The first-order valence-electron chi connectivity index (χ1n) is 8.81. The number of hydrogen-bond acceptors (Lipinski definition) is 8. The number of methoxy groups -OCH3 is 2. The summed E-state index contributed by atoms with van der Waals surface area (Å²) in [5, 5.41) is 1.52. The molecule has 7 nitrogen and oxygen atoms in total. The Kier molecular flexibility index (Phi) is 5.53. The summed E-state index contributed by atoms with van der Waals surface area (Å²) in [7, 11) is 3.14. The number of furan rings is 1. The van der Waals surface area contributed by atoms with E-state index in [9.17, 15) is 4.79 Å². The van der Waals surface area contributed by atoms with Crippen LogP contribution in [0.2, 0.25) is 0 Å². The van der Waals surface area contributed by atoms with Crippen molar-refractivity contribution in [3.8, 4) is 11.5 Å². The molecule has 0 N–H and O–H groups in total. The van der Waals surface area contributed by atoms with Crippen LogP contribution in [0.5, 0.6) is 11.5 Å². The van der Waals surface area contributed by atoms with Crippen LogP contribution in [0, 0.1) is 0 Å². The number of esters is 1. The Labute approximate surface area is 171 Å². The molecule has 0 bridgehead atoms. The topological polar surface area (TPSA) is 83.7 Å². The first kappa shape index (κ1) is 19.1.